The summed E-state index contributed by atoms with van der Waals surface area (Å²) in [7, 11) is 1.72. The summed E-state index contributed by atoms with van der Waals surface area (Å²) in [5.41, 5.74) is 0.353. The highest BCUT2D eigenvalue weighted by Crippen LogP contribution is 2.34. The number of likely N-dealkylation sites (tertiary alicyclic amines) is 1. The van der Waals surface area contributed by atoms with Crippen LogP contribution in [0.2, 0.25) is 0 Å². The molecule has 3 unspecified atom stereocenters. The van der Waals surface area contributed by atoms with Crippen LogP contribution in [0, 0.1) is 11.3 Å². The Balaban J connectivity index is 1.89. The van der Waals surface area contributed by atoms with Gasteiger partial charge in [0.1, 0.15) is 0 Å². The summed E-state index contributed by atoms with van der Waals surface area (Å²) in [6.07, 6.45) is 4.52. The van der Waals surface area contributed by atoms with E-state index in [0.29, 0.717) is 5.41 Å². The topological polar surface area (TPSA) is 41.6 Å². The summed E-state index contributed by atoms with van der Waals surface area (Å²) in [4.78, 5) is 14.6. The molecular formula is C16H30N2O2. The molecule has 0 aliphatic carbocycles. The highest BCUT2D eigenvalue weighted by Gasteiger charge is 2.34. The smallest absolute Gasteiger partial charge is 0.239 e. The molecule has 0 radical (unpaired) electrons. The second kappa shape index (κ2) is 6.44. The van der Waals surface area contributed by atoms with Crippen LogP contribution in [-0.2, 0) is 9.53 Å². The van der Waals surface area contributed by atoms with Gasteiger partial charge in [0.25, 0.3) is 0 Å². The zero-order valence-corrected chi connectivity index (χ0v) is 13.4. The maximum absolute atomic E-state index is 12.6. The lowest BCUT2D eigenvalue weighted by Crippen LogP contribution is -2.44. The van der Waals surface area contributed by atoms with Crippen molar-refractivity contribution in [2.45, 2.75) is 58.6 Å². The van der Waals surface area contributed by atoms with Gasteiger partial charge in [0.05, 0.1) is 12.1 Å². The molecule has 116 valence electrons. The second-order valence-electron chi connectivity index (χ2n) is 7.37. The van der Waals surface area contributed by atoms with Gasteiger partial charge in [0.15, 0.2) is 0 Å². The molecule has 0 aromatic carbocycles. The highest BCUT2D eigenvalue weighted by molar-refractivity contribution is 5.82. The average molecular weight is 282 g/mol. The molecule has 0 aromatic rings. The predicted octanol–water partition coefficient (Wildman–Crippen LogP) is 2.04. The molecule has 1 amide bonds. The number of hydrogen-bond donors (Lipinski definition) is 1. The minimum atomic E-state index is -0.0360. The summed E-state index contributed by atoms with van der Waals surface area (Å²) in [6.45, 7) is 9.58. The van der Waals surface area contributed by atoms with E-state index in [4.69, 9.17) is 4.74 Å². The van der Waals surface area contributed by atoms with E-state index in [0.717, 1.165) is 44.8 Å². The number of ether oxygens (including phenoxy) is 1. The average Bonchev–Trinajstić information content (AvgIpc) is 2.72. The lowest BCUT2D eigenvalue weighted by atomic mass is 9.77. The standard InChI is InChI=1S/C16H30N2O2/c1-16(2,3)12-6-5-8-18(9-7-12)15(19)14-10-13(20-4)11-17-14/h12-14,17H,5-11H2,1-4H3. The Morgan fingerprint density at radius 2 is 2.00 bits per heavy atom. The first-order valence-electron chi connectivity index (χ1n) is 7.96. The number of rotatable bonds is 2. The first-order valence-corrected chi connectivity index (χ1v) is 7.96. The predicted molar refractivity (Wildman–Crippen MR) is 80.6 cm³/mol. The second-order valence-corrected chi connectivity index (χ2v) is 7.37. The normalized spacial score (nSPS) is 32.2. The van der Waals surface area contributed by atoms with Crippen LogP contribution in [-0.4, -0.2) is 49.7 Å². The van der Waals surface area contributed by atoms with Crippen LogP contribution in [0.15, 0.2) is 0 Å². The molecule has 0 aromatic heterocycles. The maximum Gasteiger partial charge on any atom is 0.239 e. The molecule has 0 bridgehead atoms. The van der Waals surface area contributed by atoms with Crippen molar-refractivity contribution in [1.29, 1.82) is 0 Å². The first kappa shape index (κ1) is 15.8. The van der Waals surface area contributed by atoms with Gasteiger partial charge in [-0.3, -0.25) is 4.79 Å². The molecular weight excluding hydrogens is 252 g/mol. The highest BCUT2D eigenvalue weighted by atomic mass is 16.5. The monoisotopic (exact) mass is 282 g/mol. The summed E-state index contributed by atoms with van der Waals surface area (Å²) >= 11 is 0. The van der Waals surface area contributed by atoms with Gasteiger partial charge in [-0.25, -0.2) is 0 Å². The van der Waals surface area contributed by atoms with Crippen molar-refractivity contribution in [2.24, 2.45) is 11.3 Å². The quantitative estimate of drug-likeness (QED) is 0.842. The fraction of sp³-hybridized carbons (Fsp3) is 0.938. The molecule has 2 aliphatic heterocycles. The molecule has 2 heterocycles. The molecule has 2 fully saturated rings. The van der Waals surface area contributed by atoms with Gasteiger partial charge in [-0.2, -0.15) is 0 Å². The Kier molecular flexibility index (Phi) is 5.08. The number of carbonyl (C=O) groups excluding carboxylic acids is 1. The maximum atomic E-state index is 12.6. The van der Waals surface area contributed by atoms with E-state index in [1.54, 1.807) is 7.11 Å². The van der Waals surface area contributed by atoms with Crippen molar-refractivity contribution in [3.63, 3.8) is 0 Å². The van der Waals surface area contributed by atoms with Crippen LogP contribution in [0.4, 0.5) is 0 Å². The zero-order chi connectivity index (χ0) is 14.8. The van der Waals surface area contributed by atoms with Crippen LogP contribution >= 0.6 is 0 Å². The van der Waals surface area contributed by atoms with Crippen molar-refractivity contribution < 1.29 is 9.53 Å². The van der Waals surface area contributed by atoms with Crippen molar-refractivity contribution in [2.75, 3.05) is 26.7 Å². The molecule has 2 saturated heterocycles. The Bertz CT molecular complexity index is 338. The molecule has 4 nitrogen and oxygen atoms in total. The molecule has 2 rings (SSSR count). The van der Waals surface area contributed by atoms with Gasteiger partial charge < -0.3 is 15.0 Å². The van der Waals surface area contributed by atoms with Gasteiger partial charge in [-0.15, -0.1) is 0 Å². The molecule has 0 spiro atoms. The van der Waals surface area contributed by atoms with Gasteiger partial charge in [0, 0.05) is 26.7 Å². The first-order chi connectivity index (χ1) is 9.41. The molecule has 1 N–H and O–H groups in total. The third-order valence-corrected chi connectivity index (χ3v) is 4.99. The van der Waals surface area contributed by atoms with E-state index in [2.05, 4.69) is 31.0 Å². The van der Waals surface area contributed by atoms with Gasteiger partial charge in [0.2, 0.25) is 5.91 Å². The number of carbonyl (C=O) groups is 1. The van der Waals surface area contributed by atoms with Gasteiger partial charge in [-0.05, 0) is 37.0 Å². The summed E-state index contributed by atoms with van der Waals surface area (Å²) in [6, 6.07) is -0.0360. The minimum Gasteiger partial charge on any atom is -0.380 e. The fourth-order valence-electron chi connectivity index (χ4n) is 3.47. The third-order valence-electron chi connectivity index (χ3n) is 4.99. The van der Waals surface area contributed by atoms with Crippen LogP contribution in [0.5, 0.6) is 0 Å². The third kappa shape index (κ3) is 3.73. The largest absolute Gasteiger partial charge is 0.380 e. The molecule has 3 atom stereocenters. The molecule has 4 heteroatoms. The fourth-order valence-corrected chi connectivity index (χ4v) is 3.47. The summed E-state index contributed by atoms with van der Waals surface area (Å²) in [5, 5.41) is 3.30. The van der Waals surface area contributed by atoms with Crippen LogP contribution < -0.4 is 5.32 Å². The molecule has 0 saturated carbocycles. The van der Waals surface area contributed by atoms with E-state index < -0.39 is 0 Å². The zero-order valence-electron chi connectivity index (χ0n) is 13.4. The van der Waals surface area contributed by atoms with E-state index >= 15 is 0 Å². The Labute approximate surface area is 123 Å². The van der Waals surface area contributed by atoms with E-state index in [9.17, 15) is 4.79 Å². The number of amides is 1. The van der Waals surface area contributed by atoms with Crippen molar-refractivity contribution in [3.05, 3.63) is 0 Å². The summed E-state index contributed by atoms with van der Waals surface area (Å²) < 4.78 is 5.33. The van der Waals surface area contributed by atoms with E-state index in [1.165, 1.54) is 6.42 Å². The van der Waals surface area contributed by atoms with Crippen LogP contribution in [0.25, 0.3) is 0 Å². The molecule has 20 heavy (non-hydrogen) atoms. The Hall–Kier alpha value is -0.610. The minimum absolute atomic E-state index is 0.0360. The van der Waals surface area contributed by atoms with Gasteiger partial charge >= 0.3 is 0 Å². The van der Waals surface area contributed by atoms with Gasteiger partial charge in [-0.1, -0.05) is 20.8 Å². The van der Waals surface area contributed by atoms with E-state index in [-0.39, 0.29) is 18.1 Å². The number of hydrogen-bond acceptors (Lipinski definition) is 3. The SMILES string of the molecule is COC1CNC(C(=O)N2CCCC(C(C)(C)C)CC2)C1. The Morgan fingerprint density at radius 1 is 1.25 bits per heavy atom. The van der Waals surface area contributed by atoms with Crippen LogP contribution in [0.3, 0.4) is 0 Å². The Morgan fingerprint density at radius 3 is 2.60 bits per heavy atom. The number of nitrogens with zero attached hydrogens (tertiary/aromatic N) is 1. The van der Waals surface area contributed by atoms with Crippen LogP contribution in [0.1, 0.15) is 46.5 Å². The number of methoxy groups -OCH3 is 1. The van der Waals surface area contributed by atoms with E-state index in [1.807, 2.05) is 0 Å². The summed E-state index contributed by atoms with van der Waals surface area (Å²) in [5.74, 6) is 1.00. The van der Waals surface area contributed by atoms with Crippen molar-refractivity contribution in [3.8, 4) is 0 Å². The lowest BCUT2D eigenvalue weighted by Gasteiger charge is -2.30. The van der Waals surface area contributed by atoms with Crippen molar-refractivity contribution in [1.82, 2.24) is 10.2 Å². The number of nitrogens with one attached hydrogen (secondary N) is 1. The molecule has 2 aliphatic rings. The van der Waals surface area contributed by atoms with Crippen molar-refractivity contribution >= 4 is 5.91 Å². The lowest BCUT2D eigenvalue weighted by molar-refractivity contribution is -0.133.